The number of nitrogens with one attached hydrogen (secondary N) is 1. The van der Waals surface area contributed by atoms with Gasteiger partial charge in [-0.25, -0.2) is 15.0 Å². The molecule has 0 bridgehead atoms. The first-order chi connectivity index (χ1) is 20.9. The zero-order valence-electron chi connectivity index (χ0n) is 23.7. The van der Waals surface area contributed by atoms with E-state index >= 15 is 0 Å². The minimum absolute atomic E-state index is 0.00437. The second kappa shape index (κ2) is 12.1. The molecule has 15 heteroatoms. The summed E-state index contributed by atoms with van der Waals surface area (Å²) in [6.07, 6.45) is -1.41. The van der Waals surface area contributed by atoms with Gasteiger partial charge < -0.3 is 24.8 Å². The van der Waals surface area contributed by atoms with E-state index in [1.807, 2.05) is 11.8 Å². The van der Waals surface area contributed by atoms with Crippen LogP contribution >= 0.6 is 11.6 Å². The number of fused-ring (bicyclic) bond motifs is 1. The van der Waals surface area contributed by atoms with Gasteiger partial charge in [-0.05, 0) is 43.7 Å². The number of rotatable bonds is 6. The van der Waals surface area contributed by atoms with Gasteiger partial charge >= 0.3 is 6.18 Å². The van der Waals surface area contributed by atoms with Gasteiger partial charge in [-0.3, -0.25) is 14.4 Å². The zero-order chi connectivity index (χ0) is 31.8. The first-order valence-corrected chi connectivity index (χ1v) is 14.0. The van der Waals surface area contributed by atoms with E-state index in [-0.39, 0.29) is 71.5 Å². The number of amides is 2. The number of piperazine rings is 1. The SMILES string of the molecule is CCc1c(N2CCN(C(=O)c3ncccc3O)CC2)c(=O)c2ncc(C)nc2n1CC(=O)Nc1ccc(C(F)(F)F)cc1Cl. The van der Waals surface area contributed by atoms with Crippen LogP contribution in [0.15, 0.2) is 47.5 Å². The van der Waals surface area contributed by atoms with Crippen LogP contribution in [0.4, 0.5) is 24.5 Å². The van der Waals surface area contributed by atoms with Gasteiger partial charge in [0.1, 0.15) is 18.0 Å². The summed E-state index contributed by atoms with van der Waals surface area (Å²) in [7, 11) is 0. The van der Waals surface area contributed by atoms with Crippen LogP contribution in [0.2, 0.25) is 5.02 Å². The molecule has 1 fully saturated rings. The van der Waals surface area contributed by atoms with E-state index in [2.05, 4.69) is 20.3 Å². The molecular weight excluding hydrogens is 603 g/mol. The monoisotopic (exact) mass is 629 g/mol. The lowest BCUT2D eigenvalue weighted by atomic mass is 10.1. The molecule has 2 amide bonds. The van der Waals surface area contributed by atoms with Gasteiger partial charge in [0, 0.05) is 44.3 Å². The number of carbonyl (C=O) groups is 2. The highest BCUT2D eigenvalue weighted by Gasteiger charge is 2.32. The molecule has 5 rings (SSSR count). The zero-order valence-corrected chi connectivity index (χ0v) is 24.4. The van der Waals surface area contributed by atoms with Crippen LogP contribution in [0, 0.1) is 6.92 Å². The van der Waals surface area contributed by atoms with Crippen molar-refractivity contribution in [2.75, 3.05) is 36.4 Å². The lowest BCUT2D eigenvalue weighted by Crippen LogP contribution is -2.50. The van der Waals surface area contributed by atoms with Crippen molar-refractivity contribution in [2.45, 2.75) is 33.0 Å². The van der Waals surface area contributed by atoms with Gasteiger partial charge in [0.25, 0.3) is 5.91 Å². The molecule has 0 unspecified atom stereocenters. The Morgan fingerprint density at radius 3 is 2.48 bits per heavy atom. The van der Waals surface area contributed by atoms with Crippen LogP contribution in [0.5, 0.6) is 5.75 Å². The highest BCUT2D eigenvalue weighted by atomic mass is 35.5. The van der Waals surface area contributed by atoms with E-state index in [1.165, 1.54) is 29.4 Å². The molecule has 1 saturated heterocycles. The van der Waals surface area contributed by atoms with Crippen LogP contribution < -0.4 is 15.6 Å². The third kappa shape index (κ3) is 6.02. The molecule has 4 aromatic rings. The number of hydrogen-bond acceptors (Lipinski definition) is 8. The summed E-state index contributed by atoms with van der Waals surface area (Å²) in [5.74, 6) is -1.27. The Morgan fingerprint density at radius 2 is 1.84 bits per heavy atom. The summed E-state index contributed by atoms with van der Waals surface area (Å²) in [5, 5.41) is 12.3. The normalized spacial score (nSPS) is 13.8. The number of halogens is 4. The number of carbonyl (C=O) groups excluding carboxylic acids is 2. The fourth-order valence-electron chi connectivity index (χ4n) is 5.14. The van der Waals surface area contributed by atoms with E-state index in [4.69, 9.17) is 11.6 Å². The van der Waals surface area contributed by atoms with Gasteiger partial charge in [0.05, 0.1) is 22.0 Å². The molecule has 1 aromatic carbocycles. The van der Waals surface area contributed by atoms with E-state index < -0.39 is 23.6 Å². The van der Waals surface area contributed by atoms with Crippen LogP contribution in [-0.4, -0.2) is 67.5 Å². The number of aromatic hydroxyl groups is 1. The Labute approximate surface area is 253 Å². The maximum Gasteiger partial charge on any atom is 0.416 e. The van der Waals surface area contributed by atoms with Crippen molar-refractivity contribution in [1.29, 1.82) is 0 Å². The van der Waals surface area contributed by atoms with Crippen molar-refractivity contribution in [1.82, 2.24) is 24.4 Å². The molecule has 1 aliphatic heterocycles. The summed E-state index contributed by atoms with van der Waals surface area (Å²) in [4.78, 5) is 56.2. The average Bonchev–Trinajstić information content (AvgIpc) is 2.98. The number of anilines is 2. The van der Waals surface area contributed by atoms with Gasteiger partial charge in [-0.2, -0.15) is 13.2 Å². The molecule has 11 nitrogen and oxygen atoms in total. The minimum Gasteiger partial charge on any atom is -0.505 e. The van der Waals surface area contributed by atoms with Crippen LogP contribution in [0.25, 0.3) is 11.2 Å². The topological polar surface area (TPSA) is 134 Å². The number of nitrogens with zero attached hydrogens (tertiary/aromatic N) is 6. The first kappa shape index (κ1) is 30.7. The standard InChI is InChI=1S/C29H27ClF3N7O4/c1-3-20-25(38-9-11-39(12-10-38)28(44)23-21(41)5-4-8-34-23)26(43)24-27(36-16(2)14-35-24)40(20)15-22(42)37-19-7-6-17(13-18(19)30)29(31,32)33/h4-8,13-14,41H,3,9-12,15H2,1-2H3,(H,37,42). The second-order valence-corrected chi connectivity index (χ2v) is 10.5. The highest BCUT2D eigenvalue weighted by Crippen LogP contribution is 2.34. The molecule has 1 aliphatic rings. The number of alkyl halides is 3. The van der Waals surface area contributed by atoms with Gasteiger partial charge in [0.15, 0.2) is 16.9 Å². The average molecular weight is 630 g/mol. The number of aryl methyl sites for hydroxylation is 1. The van der Waals surface area contributed by atoms with Gasteiger partial charge in [-0.15, -0.1) is 0 Å². The maximum atomic E-state index is 13.8. The molecule has 3 aromatic heterocycles. The summed E-state index contributed by atoms with van der Waals surface area (Å²) in [6.45, 7) is 4.21. The molecular formula is C29H27ClF3N7O4. The second-order valence-electron chi connectivity index (χ2n) is 10.1. The third-order valence-corrected chi connectivity index (χ3v) is 7.55. The van der Waals surface area contributed by atoms with Crippen molar-refractivity contribution in [3.8, 4) is 5.75 Å². The number of benzene rings is 1. The van der Waals surface area contributed by atoms with Crippen molar-refractivity contribution in [3.63, 3.8) is 0 Å². The third-order valence-electron chi connectivity index (χ3n) is 7.24. The van der Waals surface area contributed by atoms with Gasteiger partial charge in [0.2, 0.25) is 11.3 Å². The largest absolute Gasteiger partial charge is 0.505 e. The number of hydrogen-bond donors (Lipinski definition) is 2. The van der Waals surface area contributed by atoms with Crippen molar-refractivity contribution >= 4 is 46.0 Å². The highest BCUT2D eigenvalue weighted by molar-refractivity contribution is 6.33. The number of aromatic nitrogens is 4. The summed E-state index contributed by atoms with van der Waals surface area (Å²) >= 11 is 6.05. The quantitative estimate of drug-likeness (QED) is 0.327. The molecule has 0 aliphatic carbocycles. The van der Waals surface area contributed by atoms with Crippen molar-refractivity contribution < 1.29 is 27.9 Å². The predicted octanol–water partition coefficient (Wildman–Crippen LogP) is 4.04. The van der Waals surface area contributed by atoms with Gasteiger partial charge in [-0.1, -0.05) is 18.5 Å². The van der Waals surface area contributed by atoms with Crippen molar-refractivity contribution in [3.05, 3.63) is 80.6 Å². The first-order valence-electron chi connectivity index (χ1n) is 13.6. The molecule has 4 heterocycles. The molecule has 0 radical (unpaired) electrons. The van der Waals surface area contributed by atoms with Crippen LogP contribution in [0.3, 0.4) is 0 Å². The maximum absolute atomic E-state index is 13.8. The smallest absolute Gasteiger partial charge is 0.416 e. The molecule has 230 valence electrons. The van der Waals surface area contributed by atoms with Crippen LogP contribution in [-0.2, 0) is 23.9 Å². The Morgan fingerprint density at radius 1 is 1.11 bits per heavy atom. The summed E-state index contributed by atoms with van der Waals surface area (Å²) < 4.78 is 40.8. The Hall–Kier alpha value is -4.72. The lowest BCUT2D eigenvalue weighted by molar-refractivity contribution is -0.137. The van der Waals surface area contributed by atoms with E-state index in [9.17, 15) is 32.7 Å². The molecule has 44 heavy (non-hydrogen) atoms. The van der Waals surface area contributed by atoms with E-state index in [0.717, 1.165) is 18.2 Å². The van der Waals surface area contributed by atoms with Crippen molar-refractivity contribution in [2.24, 2.45) is 0 Å². The predicted molar refractivity (Wildman–Crippen MR) is 157 cm³/mol. The fourth-order valence-corrected chi connectivity index (χ4v) is 5.36. The fraction of sp³-hybridized carbons (Fsp3) is 0.310. The molecule has 0 spiro atoms. The number of pyridine rings is 2. The molecule has 2 N–H and O–H groups in total. The Kier molecular flexibility index (Phi) is 8.46. The van der Waals surface area contributed by atoms with Crippen LogP contribution in [0.1, 0.15) is 34.4 Å². The molecule has 0 atom stereocenters. The summed E-state index contributed by atoms with van der Waals surface area (Å²) in [5.41, 5.74) is 0.149. The molecule has 0 saturated carbocycles. The minimum atomic E-state index is -4.59. The Bertz CT molecular complexity index is 1820. The van der Waals surface area contributed by atoms with E-state index in [1.54, 1.807) is 11.5 Å². The Balaban J connectivity index is 1.46. The lowest BCUT2D eigenvalue weighted by Gasteiger charge is -2.37. The summed E-state index contributed by atoms with van der Waals surface area (Å²) in [6, 6.07) is 5.53. The van der Waals surface area contributed by atoms with E-state index in [0.29, 0.717) is 23.5 Å².